The van der Waals surface area contributed by atoms with Gasteiger partial charge in [0.2, 0.25) is 0 Å². The van der Waals surface area contributed by atoms with Gasteiger partial charge in [0, 0.05) is 14.9 Å². The van der Waals surface area contributed by atoms with Crippen LogP contribution in [0, 0.1) is 20.8 Å². The molecule has 0 aliphatic heterocycles. The van der Waals surface area contributed by atoms with Crippen LogP contribution in [0.25, 0.3) is 10.6 Å². The molecule has 0 fully saturated rings. The second-order valence-corrected chi connectivity index (χ2v) is 6.40. The minimum absolute atomic E-state index is 0.0397. The van der Waals surface area contributed by atoms with Crippen molar-refractivity contribution >= 4 is 33.2 Å². The number of carboxylic acid groups (broad SMARTS) is 1. The third-order valence-corrected chi connectivity index (χ3v) is 5.35. The van der Waals surface area contributed by atoms with E-state index in [0.717, 1.165) is 36.7 Å². The zero-order chi connectivity index (χ0) is 14.2. The summed E-state index contributed by atoms with van der Waals surface area (Å²) >= 11 is 5.00. The molecule has 0 unspecified atom stereocenters. The molecule has 1 aromatic carbocycles. The number of benzene rings is 1. The number of nitrogens with zero attached hydrogens (tertiary/aromatic N) is 1. The molecule has 0 bridgehead atoms. The van der Waals surface area contributed by atoms with Crippen molar-refractivity contribution in [2.24, 2.45) is 0 Å². The highest BCUT2D eigenvalue weighted by molar-refractivity contribution is 9.10. The van der Waals surface area contributed by atoms with Gasteiger partial charge in [-0.15, -0.1) is 11.3 Å². The van der Waals surface area contributed by atoms with Gasteiger partial charge in [-0.2, -0.15) is 0 Å². The molecule has 0 spiro atoms. The summed E-state index contributed by atoms with van der Waals surface area (Å²) in [6.07, 6.45) is 0.0397. The predicted octanol–water partition coefficient (Wildman–Crippen LogP) is 4.12. The molecule has 0 saturated heterocycles. The maximum Gasteiger partial charge on any atom is 0.308 e. The average Bonchev–Trinajstić information content (AvgIpc) is 2.66. The van der Waals surface area contributed by atoms with E-state index in [2.05, 4.69) is 33.0 Å². The molecule has 0 aliphatic carbocycles. The van der Waals surface area contributed by atoms with Crippen LogP contribution < -0.4 is 0 Å². The molecular formula is C14H14BrNO2S. The minimum Gasteiger partial charge on any atom is -0.481 e. The first-order valence-electron chi connectivity index (χ1n) is 5.83. The molecule has 2 rings (SSSR count). The Bertz CT molecular complexity index is 626. The highest BCUT2D eigenvalue weighted by Crippen LogP contribution is 2.32. The number of carboxylic acids is 1. The van der Waals surface area contributed by atoms with Crippen LogP contribution in [0.5, 0.6) is 0 Å². The van der Waals surface area contributed by atoms with Crippen molar-refractivity contribution in [3.8, 4) is 10.6 Å². The molecular weight excluding hydrogens is 326 g/mol. The monoisotopic (exact) mass is 339 g/mol. The van der Waals surface area contributed by atoms with E-state index in [4.69, 9.17) is 5.11 Å². The number of aliphatic carboxylic acids is 1. The lowest BCUT2D eigenvalue weighted by atomic mass is 10.1. The molecule has 1 heterocycles. The van der Waals surface area contributed by atoms with Crippen molar-refractivity contribution in [2.75, 3.05) is 0 Å². The molecule has 3 nitrogen and oxygen atoms in total. The van der Waals surface area contributed by atoms with Crippen molar-refractivity contribution in [2.45, 2.75) is 27.2 Å². The van der Waals surface area contributed by atoms with Crippen LogP contribution >= 0.6 is 27.3 Å². The number of hydrogen-bond acceptors (Lipinski definition) is 3. The first-order chi connectivity index (χ1) is 8.88. The quantitative estimate of drug-likeness (QED) is 0.914. The van der Waals surface area contributed by atoms with E-state index in [-0.39, 0.29) is 6.42 Å². The van der Waals surface area contributed by atoms with E-state index in [0.29, 0.717) is 0 Å². The molecule has 1 N–H and O–H groups in total. The topological polar surface area (TPSA) is 50.2 Å². The summed E-state index contributed by atoms with van der Waals surface area (Å²) < 4.78 is 1.11. The summed E-state index contributed by atoms with van der Waals surface area (Å²) in [7, 11) is 0. The second-order valence-electron chi connectivity index (χ2n) is 4.52. The first-order valence-corrected chi connectivity index (χ1v) is 7.44. The predicted molar refractivity (Wildman–Crippen MR) is 80.8 cm³/mol. The molecule has 2 aromatic rings. The summed E-state index contributed by atoms with van der Waals surface area (Å²) in [5.41, 5.74) is 4.16. The van der Waals surface area contributed by atoms with E-state index in [1.807, 2.05) is 20.8 Å². The van der Waals surface area contributed by atoms with E-state index < -0.39 is 5.97 Å². The summed E-state index contributed by atoms with van der Waals surface area (Å²) in [4.78, 5) is 16.1. The van der Waals surface area contributed by atoms with Gasteiger partial charge in [0.25, 0.3) is 0 Å². The Hall–Kier alpha value is -1.20. The van der Waals surface area contributed by atoms with Gasteiger partial charge in [0.15, 0.2) is 0 Å². The number of rotatable bonds is 3. The number of carbonyl (C=O) groups is 1. The Balaban J connectivity index is 2.45. The van der Waals surface area contributed by atoms with Crippen LogP contribution in [0.2, 0.25) is 0 Å². The molecule has 100 valence electrons. The zero-order valence-corrected chi connectivity index (χ0v) is 13.4. The highest BCUT2D eigenvalue weighted by Gasteiger charge is 2.13. The van der Waals surface area contributed by atoms with Gasteiger partial charge in [-0.25, -0.2) is 4.98 Å². The van der Waals surface area contributed by atoms with Crippen LogP contribution in [0.1, 0.15) is 21.7 Å². The van der Waals surface area contributed by atoms with E-state index in [9.17, 15) is 4.79 Å². The SMILES string of the molecule is Cc1cc(-c2nc(C)c(CC(=O)O)s2)cc(C)c1Br. The lowest BCUT2D eigenvalue weighted by molar-refractivity contribution is -0.136. The number of halogens is 1. The highest BCUT2D eigenvalue weighted by atomic mass is 79.9. The van der Waals surface area contributed by atoms with Crippen molar-refractivity contribution in [1.29, 1.82) is 0 Å². The molecule has 5 heteroatoms. The van der Waals surface area contributed by atoms with Gasteiger partial charge >= 0.3 is 5.97 Å². The van der Waals surface area contributed by atoms with Gasteiger partial charge in [-0.05, 0) is 44.0 Å². The Morgan fingerprint density at radius 1 is 1.32 bits per heavy atom. The normalized spacial score (nSPS) is 10.7. The number of thiazole rings is 1. The fraction of sp³-hybridized carbons (Fsp3) is 0.286. The Kier molecular flexibility index (Phi) is 4.06. The largest absolute Gasteiger partial charge is 0.481 e. The van der Waals surface area contributed by atoms with Gasteiger partial charge in [-0.1, -0.05) is 15.9 Å². The summed E-state index contributed by atoms with van der Waals surface area (Å²) in [5.74, 6) is -0.818. The molecule has 0 radical (unpaired) electrons. The standard InChI is InChI=1S/C14H14BrNO2S/c1-7-4-10(5-8(2)13(7)15)14-16-9(3)11(19-14)6-12(17)18/h4-5H,6H2,1-3H3,(H,17,18). The summed E-state index contributed by atoms with van der Waals surface area (Å²) in [6.45, 7) is 5.94. The fourth-order valence-electron chi connectivity index (χ4n) is 1.92. The number of hydrogen-bond donors (Lipinski definition) is 1. The van der Waals surface area contributed by atoms with Crippen LogP contribution in [0.4, 0.5) is 0 Å². The second kappa shape index (κ2) is 5.43. The molecule has 0 atom stereocenters. The smallest absolute Gasteiger partial charge is 0.308 e. The van der Waals surface area contributed by atoms with Gasteiger partial charge < -0.3 is 5.11 Å². The Labute approximate surface area is 124 Å². The van der Waals surface area contributed by atoms with Crippen LogP contribution in [0.15, 0.2) is 16.6 Å². The number of aryl methyl sites for hydroxylation is 3. The van der Waals surface area contributed by atoms with Crippen LogP contribution in [-0.4, -0.2) is 16.1 Å². The Morgan fingerprint density at radius 3 is 2.42 bits per heavy atom. The van der Waals surface area contributed by atoms with Crippen molar-refractivity contribution in [1.82, 2.24) is 4.98 Å². The van der Waals surface area contributed by atoms with E-state index >= 15 is 0 Å². The summed E-state index contributed by atoms with van der Waals surface area (Å²) in [6, 6.07) is 4.14. The third kappa shape index (κ3) is 3.04. The molecule has 1 aromatic heterocycles. The zero-order valence-electron chi connectivity index (χ0n) is 11.0. The average molecular weight is 340 g/mol. The maximum absolute atomic E-state index is 10.8. The van der Waals surface area contributed by atoms with Gasteiger partial charge in [0.1, 0.15) is 5.01 Å². The van der Waals surface area contributed by atoms with Crippen LogP contribution in [-0.2, 0) is 11.2 Å². The van der Waals surface area contributed by atoms with Crippen LogP contribution in [0.3, 0.4) is 0 Å². The fourth-order valence-corrected chi connectivity index (χ4v) is 3.19. The molecule has 0 aliphatic rings. The van der Waals surface area contributed by atoms with E-state index in [1.165, 1.54) is 11.3 Å². The molecule has 0 saturated carbocycles. The number of aromatic nitrogens is 1. The van der Waals surface area contributed by atoms with Gasteiger partial charge in [0.05, 0.1) is 12.1 Å². The van der Waals surface area contributed by atoms with E-state index in [1.54, 1.807) is 0 Å². The summed E-state index contributed by atoms with van der Waals surface area (Å²) in [5, 5.41) is 9.75. The lowest BCUT2D eigenvalue weighted by Crippen LogP contribution is -1.99. The van der Waals surface area contributed by atoms with Gasteiger partial charge in [-0.3, -0.25) is 4.79 Å². The minimum atomic E-state index is -0.818. The Morgan fingerprint density at radius 2 is 1.89 bits per heavy atom. The third-order valence-electron chi connectivity index (χ3n) is 2.89. The van der Waals surface area contributed by atoms with Crippen molar-refractivity contribution in [3.63, 3.8) is 0 Å². The molecule has 19 heavy (non-hydrogen) atoms. The lowest BCUT2D eigenvalue weighted by Gasteiger charge is -2.05. The maximum atomic E-state index is 10.8. The first kappa shape index (κ1) is 14.2. The molecule has 0 amide bonds. The van der Waals surface area contributed by atoms with Crippen molar-refractivity contribution < 1.29 is 9.90 Å². The van der Waals surface area contributed by atoms with Crippen molar-refractivity contribution in [3.05, 3.63) is 38.3 Å².